The summed E-state index contributed by atoms with van der Waals surface area (Å²) in [5.74, 6) is -0.287. The van der Waals surface area contributed by atoms with Gasteiger partial charge in [0.1, 0.15) is 0 Å². The molecular formula is C15H24O2. The summed E-state index contributed by atoms with van der Waals surface area (Å²) in [5.41, 5.74) is 0. The quantitative estimate of drug-likeness (QED) is 0.193. The number of unbranched alkanes of at least 4 members (excludes halogenated alkanes) is 4. The Morgan fingerprint density at radius 2 is 1.71 bits per heavy atom. The van der Waals surface area contributed by atoms with Gasteiger partial charge in [-0.1, -0.05) is 44.1 Å². The first-order chi connectivity index (χ1) is 8.27. The number of hydrogen-bond acceptors (Lipinski definition) is 2. The van der Waals surface area contributed by atoms with Crippen LogP contribution in [-0.2, 0) is 9.53 Å². The number of rotatable bonds is 9. The molecule has 0 saturated carbocycles. The standard InChI is InChI=1S/C15H24O2/c1-3-4-5-6-7-8-9-10-11-12-13-14-17-15(2)16/h7-8,11-14H,3-6,9-10H2,1-2H3. The zero-order valence-electron chi connectivity index (χ0n) is 11.0. The third kappa shape index (κ3) is 14.7. The van der Waals surface area contributed by atoms with Gasteiger partial charge < -0.3 is 4.74 Å². The van der Waals surface area contributed by atoms with Gasteiger partial charge in [-0.15, -0.1) is 0 Å². The van der Waals surface area contributed by atoms with Crippen molar-refractivity contribution in [1.82, 2.24) is 0 Å². The highest BCUT2D eigenvalue weighted by Gasteiger charge is 1.83. The first kappa shape index (κ1) is 15.7. The van der Waals surface area contributed by atoms with Gasteiger partial charge in [0, 0.05) is 6.92 Å². The summed E-state index contributed by atoms with van der Waals surface area (Å²) in [6, 6.07) is 0. The first-order valence-electron chi connectivity index (χ1n) is 6.41. The number of allylic oxidation sites excluding steroid dienone is 5. The molecule has 0 aliphatic carbocycles. The number of hydrogen-bond donors (Lipinski definition) is 0. The van der Waals surface area contributed by atoms with Gasteiger partial charge in [0.2, 0.25) is 0 Å². The summed E-state index contributed by atoms with van der Waals surface area (Å²) < 4.78 is 4.64. The summed E-state index contributed by atoms with van der Waals surface area (Å²) >= 11 is 0. The van der Waals surface area contributed by atoms with Crippen molar-refractivity contribution in [2.24, 2.45) is 0 Å². The van der Waals surface area contributed by atoms with Crippen LogP contribution in [0.5, 0.6) is 0 Å². The van der Waals surface area contributed by atoms with Crippen LogP contribution in [0.4, 0.5) is 0 Å². The summed E-state index contributed by atoms with van der Waals surface area (Å²) in [4.78, 5) is 10.4. The van der Waals surface area contributed by atoms with Gasteiger partial charge in [0.05, 0.1) is 6.26 Å². The van der Waals surface area contributed by atoms with Crippen molar-refractivity contribution in [3.8, 4) is 0 Å². The molecule has 0 aliphatic heterocycles. The molecule has 96 valence electrons. The third-order valence-corrected chi connectivity index (χ3v) is 2.20. The van der Waals surface area contributed by atoms with Gasteiger partial charge in [-0.2, -0.15) is 0 Å². The topological polar surface area (TPSA) is 26.3 Å². The van der Waals surface area contributed by atoms with Crippen LogP contribution in [0.3, 0.4) is 0 Å². The molecule has 0 aliphatic rings. The lowest BCUT2D eigenvalue weighted by Gasteiger charge is -1.91. The first-order valence-corrected chi connectivity index (χ1v) is 6.41. The van der Waals surface area contributed by atoms with Crippen molar-refractivity contribution in [3.63, 3.8) is 0 Å². The SMILES string of the molecule is CCCCCC=CCCC=CC=COC(C)=O. The van der Waals surface area contributed by atoms with Crippen molar-refractivity contribution in [2.75, 3.05) is 0 Å². The molecule has 0 spiro atoms. The number of carbonyl (C=O) groups is 1. The van der Waals surface area contributed by atoms with E-state index in [-0.39, 0.29) is 5.97 Å². The van der Waals surface area contributed by atoms with Crippen molar-refractivity contribution < 1.29 is 9.53 Å². The molecular weight excluding hydrogens is 212 g/mol. The van der Waals surface area contributed by atoms with Gasteiger partial charge in [0.25, 0.3) is 0 Å². The molecule has 0 aromatic carbocycles. The second-order valence-electron chi connectivity index (χ2n) is 3.91. The third-order valence-electron chi connectivity index (χ3n) is 2.20. The lowest BCUT2D eigenvalue weighted by atomic mass is 10.2. The zero-order valence-corrected chi connectivity index (χ0v) is 11.0. The molecule has 0 N–H and O–H groups in total. The van der Waals surface area contributed by atoms with E-state index < -0.39 is 0 Å². The average molecular weight is 236 g/mol. The summed E-state index contributed by atoms with van der Waals surface area (Å²) in [7, 11) is 0. The van der Waals surface area contributed by atoms with Crippen LogP contribution in [0.15, 0.2) is 36.6 Å². The molecule has 0 fully saturated rings. The molecule has 2 heteroatoms. The van der Waals surface area contributed by atoms with Crippen LogP contribution >= 0.6 is 0 Å². The minimum absolute atomic E-state index is 0.287. The van der Waals surface area contributed by atoms with E-state index >= 15 is 0 Å². The van der Waals surface area contributed by atoms with Crippen LogP contribution < -0.4 is 0 Å². The fourth-order valence-corrected chi connectivity index (χ4v) is 1.30. The van der Waals surface area contributed by atoms with Gasteiger partial charge >= 0.3 is 5.97 Å². The van der Waals surface area contributed by atoms with E-state index in [1.807, 2.05) is 6.08 Å². The van der Waals surface area contributed by atoms with Crippen LogP contribution in [0, 0.1) is 0 Å². The van der Waals surface area contributed by atoms with Crippen LogP contribution in [0.2, 0.25) is 0 Å². The van der Waals surface area contributed by atoms with Gasteiger partial charge in [0.15, 0.2) is 0 Å². The molecule has 0 aromatic rings. The van der Waals surface area contributed by atoms with Crippen molar-refractivity contribution in [3.05, 3.63) is 36.6 Å². The Balaban J connectivity index is 3.35. The second-order valence-corrected chi connectivity index (χ2v) is 3.91. The van der Waals surface area contributed by atoms with Crippen molar-refractivity contribution in [1.29, 1.82) is 0 Å². The molecule has 0 atom stereocenters. The average Bonchev–Trinajstić information content (AvgIpc) is 2.30. The van der Waals surface area contributed by atoms with E-state index in [0.717, 1.165) is 12.8 Å². The molecule has 0 amide bonds. The molecule has 0 radical (unpaired) electrons. The van der Waals surface area contributed by atoms with E-state index in [4.69, 9.17) is 0 Å². The van der Waals surface area contributed by atoms with Gasteiger partial charge in [-0.05, 0) is 31.8 Å². The van der Waals surface area contributed by atoms with Crippen molar-refractivity contribution >= 4 is 5.97 Å². The highest BCUT2D eigenvalue weighted by atomic mass is 16.5. The fourth-order valence-electron chi connectivity index (χ4n) is 1.30. The Hall–Kier alpha value is -1.31. The summed E-state index contributed by atoms with van der Waals surface area (Å²) in [6.45, 7) is 3.61. The zero-order chi connectivity index (χ0) is 12.8. The van der Waals surface area contributed by atoms with E-state index in [0.29, 0.717) is 0 Å². The highest BCUT2D eigenvalue weighted by Crippen LogP contribution is 2.01. The van der Waals surface area contributed by atoms with E-state index in [1.54, 1.807) is 6.08 Å². The van der Waals surface area contributed by atoms with Gasteiger partial charge in [-0.25, -0.2) is 0 Å². The van der Waals surface area contributed by atoms with Crippen LogP contribution in [0.1, 0.15) is 52.4 Å². The number of esters is 1. The minimum Gasteiger partial charge on any atom is -0.435 e. The highest BCUT2D eigenvalue weighted by molar-refractivity contribution is 5.66. The fraction of sp³-hybridized carbons (Fsp3) is 0.533. The van der Waals surface area contributed by atoms with Crippen LogP contribution in [0.25, 0.3) is 0 Å². The van der Waals surface area contributed by atoms with Crippen molar-refractivity contribution in [2.45, 2.75) is 52.4 Å². The molecule has 0 rings (SSSR count). The predicted octanol–water partition coefficient (Wildman–Crippen LogP) is 4.54. The maximum atomic E-state index is 10.4. The minimum atomic E-state index is -0.287. The molecule has 2 nitrogen and oxygen atoms in total. The Kier molecular flexibility index (Phi) is 11.8. The molecule has 0 saturated heterocycles. The monoisotopic (exact) mass is 236 g/mol. The summed E-state index contributed by atoms with van der Waals surface area (Å²) in [5, 5.41) is 0. The Morgan fingerprint density at radius 1 is 1.00 bits per heavy atom. The summed E-state index contributed by atoms with van der Waals surface area (Å²) in [6.07, 6.45) is 18.8. The van der Waals surface area contributed by atoms with Gasteiger partial charge in [-0.3, -0.25) is 4.79 Å². The number of carbonyl (C=O) groups excluding carboxylic acids is 1. The predicted molar refractivity (Wildman–Crippen MR) is 72.6 cm³/mol. The largest absolute Gasteiger partial charge is 0.435 e. The maximum absolute atomic E-state index is 10.4. The molecule has 0 aromatic heterocycles. The molecule has 17 heavy (non-hydrogen) atoms. The second kappa shape index (κ2) is 12.8. The molecule has 0 heterocycles. The van der Waals surface area contributed by atoms with E-state index in [2.05, 4.69) is 29.9 Å². The van der Waals surface area contributed by atoms with E-state index in [1.165, 1.54) is 38.9 Å². The maximum Gasteiger partial charge on any atom is 0.307 e. The Morgan fingerprint density at radius 3 is 2.41 bits per heavy atom. The smallest absolute Gasteiger partial charge is 0.307 e. The molecule has 0 bridgehead atoms. The Labute approximate surface area is 105 Å². The van der Waals surface area contributed by atoms with Crippen LogP contribution in [-0.4, -0.2) is 5.97 Å². The Bertz CT molecular complexity index is 262. The lowest BCUT2D eigenvalue weighted by Crippen LogP contribution is -1.88. The molecule has 0 unspecified atom stereocenters. The number of ether oxygens (including phenoxy) is 1. The van der Waals surface area contributed by atoms with E-state index in [9.17, 15) is 4.79 Å². The normalized spacial score (nSPS) is 11.9. The lowest BCUT2D eigenvalue weighted by molar-refractivity contribution is -0.135.